The van der Waals surface area contributed by atoms with Crippen LogP contribution in [-0.2, 0) is 28.6 Å². The van der Waals surface area contributed by atoms with Crippen LogP contribution in [0.4, 0.5) is 0 Å². The number of unbranched alkanes of at least 4 members (excludes halogenated alkanes) is 23. The average Bonchev–Trinajstić information content (AvgIpc) is 3.29. The molecule has 0 aliphatic rings. The summed E-state index contributed by atoms with van der Waals surface area (Å²) in [6.45, 7) is 6.38. The molecule has 6 heteroatoms. The molecule has 0 aromatic heterocycles. The fraction of sp³-hybridized carbons (Fsp3) is 0.672. The van der Waals surface area contributed by atoms with E-state index in [9.17, 15) is 14.4 Å². The van der Waals surface area contributed by atoms with Crippen LogP contribution in [0, 0.1) is 0 Å². The summed E-state index contributed by atoms with van der Waals surface area (Å²) in [5.74, 6) is -1.00. The second-order valence-electron chi connectivity index (χ2n) is 17.2. The second kappa shape index (κ2) is 52.0. The molecule has 1 unspecified atom stereocenters. The number of carbonyl (C=O) groups excluding carboxylic acids is 3. The van der Waals surface area contributed by atoms with Gasteiger partial charge < -0.3 is 14.2 Å². The molecule has 364 valence electrons. The summed E-state index contributed by atoms with van der Waals surface area (Å²) in [6, 6.07) is 0. The fourth-order valence-corrected chi connectivity index (χ4v) is 6.97. The second-order valence-corrected chi connectivity index (χ2v) is 17.2. The molecule has 0 amide bonds. The SMILES string of the molecule is CC\C=C/C=C\C=C/C=C\C=C/CCCC(=O)OCC(COC(=O)CCCCCCCCC/C=C\C/C=C\CCCCC)OC(=O)CCCCCCC/C=C\CCCCCCCCC. The summed E-state index contributed by atoms with van der Waals surface area (Å²) >= 11 is 0. The Morgan fingerprint density at radius 1 is 0.344 bits per heavy atom. The lowest BCUT2D eigenvalue weighted by Gasteiger charge is -2.18. The van der Waals surface area contributed by atoms with Gasteiger partial charge in [0.1, 0.15) is 13.2 Å². The van der Waals surface area contributed by atoms with E-state index in [1.54, 1.807) is 0 Å². The normalized spacial score (nSPS) is 12.9. The van der Waals surface area contributed by atoms with E-state index in [1.807, 2.05) is 54.7 Å². The van der Waals surface area contributed by atoms with Crippen molar-refractivity contribution in [3.8, 4) is 0 Å². The Morgan fingerprint density at radius 2 is 0.688 bits per heavy atom. The average molecular weight is 889 g/mol. The van der Waals surface area contributed by atoms with E-state index < -0.39 is 6.10 Å². The summed E-state index contributed by atoms with van der Waals surface area (Å²) in [5, 5.41) is 0. The van der Waals surface area contributed by atoms with Crippen LogP contribution in [0.2, 0.25) is 0 Å². The summed E-state index contributed by atoms with van der Waals surface area (Å²) in [5.41, 5.74) is 0. The van der Waals surface area contributed by atoms with E-state index in [2.05, 4.69) is 63.3 Å². The highest BCUT2D eigenvalue weighted by atomic mass is 16.6. The number of hydrogen-bond acceptors (Lipinski definition) is 6. The lowest BCUT2D eigenvalue weighted by molar-refractivity contribution is -0.167. The third-order valence-corrected chi connectivity index (χ3v) is 10.9. The Kier molecular flexibility index (Phi) is 49.0. The molecule has 0 fully saturated rings. The fourth-order valence-electron chi connectivity index (χ4n) is 6.97. The van der Waals surface area contributed by atoms with Crippen molar-refractivity contribution in [2.45, 2.75) is 239 Å². The van der Waals surface area contributed by atoms with E-state index in [0.29, 0.717) is 19.3 Å². The molecular weight excluding hydrogens is 793 g/mol. The summed E-state index contributed by atoms with van der Waals surface area (Å²) in [4.78, 5) is 38.0. The van der Waals surface area contributed by atoms with Crippen molar-refractivity contribution < 1.29 is 28.6 Å². The molecule has 0 aromatic rings. The molecule has 0 radical (unpaired) electrons. The smallest absolute Gasteiger partial charge is 0.306 e. The number of rotatable bonds is 46. The third kappa shape index (κ3) is 49.3. The molecule has 0 N–H and O–H groups in total. The van der Waals surface area contributed by atoms with Crippen molar-refractivity contribution in [1.82, 2.24) is 0 Å². The van der Waals surface area contributed by atoms with Crippen LogP contribution in [0.5, 0.6) is 0 Å². The highest BCUT2D eigenvalue weighted by molar-refractivity contribution is 5.71. The Balaban J connectivity index is 4.49. The van der Waals surface area contributed by atoms with E-state index in [1.165, 1.54) is 109 Å². The Bertz CT molecular complexity index is 1300. The van der Waals surface area contributed by atoms with Gasteiger partial charge in [-0.05, 0) is 89.9 Å². The lowest BCUT2D eigenvalue weighted by atomic mass is 10.1. The van der Waals surface area contributed by atoms with Crippen LogP contribution in [0.1, 0.15) is 233 Å². The number of hydrogen-bond donors (Lipinski definition) is 0. The number of esters is 3. The first kappa shape index (κ1) is 60.3. The topological polar surface area (TPSA) is 78.9 Å². The maximum Gasteiger partial charge on any atom is 0.306 e. The van der Waals surface area contributed by atoms with Crippen LogP contribution < -0.4 is 0 Å². The number of allylic oxidation sites excluding steroid dienone is 16. The van der Waals surface area contributed by atoms with Gasteiger partial charge in [-0.1, -0.05) is 221 Å². The molecule has 64 heavy (non-hydrogen) atoms. The predicted octanol–water partition coefficient (Wildman–Crippen LogP) is 17.4. The van der Waals surface area contributed by atoms with Crippen molar-refractivity contribution in [1.29, 1.82) is 0 Å². The van der Waals surface area contributed by atoms with Crippen molar-refractivity contribution >= 4 is 17.9 Å². The molecule has 0 aliphatic carbocycles. The van der Waals surface area contributed by atoms with E-state index >= 15 is 0 Å². The molecule has 0 bridgehead atoms. The first-order chi connectivity index (χ1) is 31.5. The molecule has 0 saturated carbocycles. The minimum atomic E-state index is -0.814. The van der Waals surface area contributed by atoms with Gasteiger partial charge >= 0.3 is 17.9 Å². The first-order valence-corrected chi connectivity index (χ1v) is 26.3. The Labute approximate surface area is 394 Å². The number of carbonyl (C=O) groups is 3. The maximum absolute atomic E-state index is 12.8. The molecule has 0 heterocycles. The summed E-state index contributed by atoms with van der Waals surface area (Å²) in [6.07, 6.45) is 68.3. The Morgan fingerprint density at radius 3 is 1.17 bits per heavy atom. The van der Waals surface area contributed by atoms with Gasteiger partial charge in [0.05, 0.1) is 0 Å². The van der Waals surface area contributed by atoms with Gasteiger partial charge in [-0.15, -0.1) is 0 Å². The van der Waals surface area contributed by atoms with Gasteiger partial charge in [0.2, 0.25) is 0 Å². The molecule has 6 nitrogen and oxygen atoms in total. The standard InChI is InChI=1S/C58H96O6/c1-4-7-10-13-16-19-22-25-27-29-31-33-36-39-42-45-48-51-57(60)63-54-55(53-62-56(59)50-47-44-41-38-35-32-24-21-18-15-12-9-6-3)64-58(61)52-49-46-43-40-37-34-30-28-26-23-20-17-14-11-8-5-2/h9,12,15-16,18-19,21,24-25,27-28,30,32,35,38,41,55H,4-8,10-11,13-14,17,20,22-23,26,29,31,33-34,36-37,39-40,42-54H2,1-3H3/b12-9-,18-15-,19-16-,24-21-,27-25-,30-28-,35-32-,41-38-. The minimum Gasteiger partial charge on any atom is -0.462 e. The molecule has 0 aliphatic heterocycles. The van der Waals surface area contributed by atoms with Crippen LogP contribution in [0.3, 0.4) is 0 Å². The van der Waals surface area contributed by atoms with Crippen LogP contribution in [0.25, 0.3) is 0 Å². The van der Waals surface area contributed by atoms with Crippen LogP contribution >= 0.6 is 0 Å². The monoisotopic (exact) mass is 889 g/mol. The van der Waals surface area contributed by atoms with Gasteiger partial charge in [-0.2, -0.15) is 0 Å². The zero-order chi connectivity index (χ0) is 46.5. The van der Waals surface area contributed by atoms with Gasteiger partial charge in [0.25, 0.3) is 0 Å². The van der Waals surface area contributed by atoms with Crippen molar-refractivity contribution in [3.63, 3.8) is 0 Å². The van der Waals surface area contributed by atoms with Gasteiger partial charge in [0.15, 0.2) is 6.10 Å². The molecule has 0 rings (SSSR count). The van der Waals surface area contributed by atoms with Crippen molar-refractivity contribution in [2.24, 2.45) is 0 Å². The zero-order valence-corrected chi connectivity index (χ0v) is 41.5. The highest BCUT2D eigenvalue weighted by Crippen LogP contribution is 2.14. The molecule has 0 spiro atoms. The van der Waals surface area contributed by atoms with Crippen molar-refractivity contribution in [3.05, 3.63) is 97.2 Å². The summed E-state index contributed by atoms with van der Waals surface area (Å²) in [7, 11) is 0. The minimum absolute atomic E-state index is 0.108. The Hall–Kier alpha value is -3.67. The predicted molar refractivity (Wildman–Crippen MR) is 274 cm³/mol. The largest absolute Gasteiger partial charge is 0.462 e. The third-order valence-electron chi connectivity index (χ3n) is 10.9. The first-order valence-electron chi connectivity index (χ1n) is 26.3. The molecule has 1 atom stereocenters. The summed E-state index contributed by atoms with van der Waals surface area (Å²) < 4.78 is 16.7. The molecule has 0 aromatic carbocycles. The molecular formula is C58H96O6. The maximum atomic E-state index is 12.8. The van der Waals surface area contributed by atoms with E-state index in [0.717, 1.165) is 77.0 Å². The quantitative estimate of drug-likeness (QED) is 0.0199. The van der Waals surface area contributed by atoms with Crippen molar-refractivity contribution in [2.75, 3.05) is 13.2 Å². The van der Waals surface area contributed by atoms with Gasteiger partial charge in [0, 0.05) is 19.3 Å². The van der Waals surface area contributed by atoms with Gasteiger partial charge in [-0.25, -0.2) is 0 Å². The van der Waals surface area contributed by atoms with Gasteiger partial charge in [-0.3, -0.25) is 14.4 Å². The lowest BCUT2D eigenvalue weighted by Crippen LogP contribution is -2.30. The van der Waals surface area contributed by atoms with E-state index in [4.69, 9.17) is 14.2 Å². The molecule has 0 saturated heterocycles. The number of ether oxygens (including phenoxy) is 3. The highest BCUT2D eigenvalue weighted by Gasteiger charge is 2.19. The van der Waals surface area contributed by atoms with Crippen LogP contribution in [-0.4, -0.2) is 37.2 Å². The van der Waals surface area contributed by atoms with Crippen LogP contribution in [0.15, 0.2) is 97.2 Å². The van der Waals surface area contributed by atoms with E-state index in [-0.39, 0.29) is 37.5 Å². The zero-order valence-electron chi connectivity index (χ0n) is 41.5.